The van der Waals surface area contributed by atoms with E-state index >= 15 is 0 Å². The number of rotatable bonds is 6. The summed E-state index contributed by atoms with van der Waals surface area (Å²) in [6.45, 7) is 9.95. The summed E-state index contributed by atoms with van der Waals surface area (Å²) in [4.78, 5) is 29.9. The predicted molar refractivity (Wildman–Crippen MR) is 139 cm³/mol. The van der Waals surface area contributed by atoms with Gasteiger partial charge in [0, 0.05) is 52.1 Å². The third-order valence-corrected chi connectivity index (χ3v) is 7.33. The summed E-state index contributed by atoms with van der Waals surface area (Å²) >= 11 is 0. The lowest BCUT2D eigenvalue weighted by molar-refractivity contribution is 0.00814. The Bertz CT molecular complexity index is 842. The molecule has 0 saturated heterocycles. The topological polar surface area (TPSA) is 83.1 Å². The first-order chi connectivity index (χ1) is 16.8. The number of anilines is 1. The van der Waals surface area contributed by atoms with E-state index in [9.17, 15) is 9.59 Å². The molecule has 0 aromatic heterocycles. The molecule has 2 aliphatic rings. The van der Waals surface area contributed by atoms with Gasteiger partial charge in [-0.25, -0.2) is 4.79 Å². The van der Waals surface area contributed by atoms with Crippen molar-refractivity contribution in [1.82, 2.24) is 15.1 Å². The molecule has 1 saturated carbocycles. The van der Waals surface area contributed by atoms with E-state index in [4.69, 9.17) is 9.47 Å². The molecule has 1 heterocycles. The van der Waals surface area contributed by atoms with Crippen LogP contribution in [0.3, 0.4) is 0 Å². The van der Waals surface area contributed by atoms with Crippen molar-refractivity contribution in [1.29, 1.82) is 0 Å². The number of methoxy groups -OCH3 is 1. The Morgan fingerprint density at radius 1 is 1.20 bits per heavy atom. The SMILES string of the molecule is CCCNC(=O)Nc1ccc2c(c1)C(=O)N(C)C[C@H](OC)[C@@H](C)CN(CC1CCCC1)[C@@H](C)CO2. The number of urea groups is 1. The quantitative estimate of drug-likeness (QED) is 0.627. The van der Waals surface area contributed by atoms with Crippen LogP contribution in [0.4, 0.5) is 10.5 Å². The minimum absolute atomic E-state index is 0.0767. The summed E-state index contributed by atoms with van der Waals surface area (Å²) < 4.78 is 12.1. The fraction of sp³-hybridized carbons (Fsp3) is 0.704. The van der Waals surface area contributed by atoms with E-state index < -0.39 is 0 Å². The Morgan fingerprint density at radius 3 is 2.63 bits per heavy atom. The lowest BCUT2D eigenvalue weighted by Gasteiger charge is -2.37. The highest BCUT2D eigenvalue weighted by Gasteiger charge is 2.30. The van der Waals surface area contributed by atoms with Gasteiger partial charge in [0.05, 0.1) is 11.7 Å². The number of likely N-dealkylation sites (N-methyl/N-ethyl adjacent to an activating group) is 1. The number of hydrogen-bond acceptors (Lipinski definition) is 5. The van der Waals surface area contributed by atoms with E-state index in [0.717, 1.165) is 25.4 Å². The third kappa shape index (κ3) is 7.58. The predicted octanol–water partition coefficient (Wildman–Crippen LogP) is 4.21. The van der Waals surface area contributed by atoms with Crippen molar-refractivity contribution >= 4 is 17.6 Å². The summed E-state index contributed by atoms with van der Waals surface area (Å²) in [6.07, 6.45) is 6.03. The fourth-order valence-corrected chi connectivity index (χ4v) is 5.12. The first-order valence-corrected chi connectivity index (χ1v) is 13.2. The maximum atomic E-state index is 13.5. The highest BCUT2D eigenvalue weighted by atomic mass is 16.5. The first kappa shape index (κ1) is 27.3. The van der Waals surface area contributed by atoms with Crippen molar-refractivity contribution in [3.8, 4) is 5.75 Å². The van der Waals surface area contributed by atoms with E-state index in [1.165, 1.54) is 25.7 Å². The van der Waals surface area contributed by atoms with E-state index in [0.29, 0.717) is 36.7 Å². The van der Waals surface area contributed by atoms with E-state index in [1.807, 2.05) is 6.92 Å². The molecule has 3 atom stereocenters. The van der Waals surface area contributed by atoms with Crippen molar-refractivity contribution in [2.75, 3.05) is 52.3 Å². The summed E-state index contributed by atoms with van der Waals surface area (Å²) in [5, 5.41) is 5.62. The van der Waals surface area contributed by atoms with Crippen LogP contribution in [0.2, 0.25) is 0 Å². The van der Waals surface area contributed by atoms with Crippen LogP contribution in [0.15, 0.2) is 18.2 Å². The van der Waals surface area contributed by atoms with Gasteiger partial charge in [0.2, 0.25) is 0 Å². The largest absolute Gasteiger partial charge is 0.491 e. The molecule has 1 aromatic carbocycles. The molecule has 8 heteroatoms. The number of amides is 3. The van der Waals surface area contributed by atoms with Crippen LogP contribution >= 0.6 is 0 Å². The number of nitrogens with zero attached hydrogens (tertiary/aromatic N) is 2. The molecule has 1 aromatic rings. The van der Waals surface area contributed by atoms with E-state index in [2.05, 4.69) is 29.4 Å². The van der Waals surface area contributed by atoms with Gasteiger partial charge in [-0.2, -0.15) is 0 Å². The molecule has 0 spiro atoms. The van der Waals surface area contributed by atoms with Gasteiger partial charge in [0.1, 0.15) is 12.4 Å². The summed E-state index contributed by atoms with van der Waals surface area (Å²) in [5.74, 6) is 1.38. The Kier molecular flexibility index (Phi) is 10.2. The van der Waals surface area contributed by atoms with Crippen LogP contribution in [-0.2, 0) is 4.74 Å². The molecule has 1 aliphatic heterocycles. The van der Waals surface area contributed by atoms with Gasteiger partial charge in [-0.15, -0.1) is 0 Å². The van der Waals surface area contributed by atoms with Crippen LogP contribution in [0.5, 0.6) is 5.75 Å². The number of benzene rings is 1. The third-order valence-electron chi connectivity index (χ3n) is 7.33. The number of nitrogens with one attached hydrogen (secondary N) is 2. The fourth-order valence-electron chi connectivity index (χ4n) is 5.12. The minimum atomic E-state index is -0.286. The Balaban J connectivity index is 1.86. The molecule has 2 N–H and O–H groups in total. The van der Waals surface area contributed by atoms with Crippen LogP contribution < -0.4 is 15.4 Å². The zero-order valence-electron chi connectivity index (χ0n) is 22.1. The summed E-state index contributed by atoms with van der Waals surface area (Å²) in [5.41, 5.74) is 1.00. The van der Waals surface area contributed by atoms with E-state index in [1.54, 1.807) is 37.3 Å². The minimum Gasteiger partial charge on any atom is -0.491 e. The van der Waals surface area contributed by atoms with Crippen molar-refractivity contribution in [3.05, 3.63) is 23.8 Å². The Morgan fingerprint density at radius 2 is 1.94 bits per heavy atom. The number of hydrogen-bond donors (Lipinski definition) is 2. The highest BCUT2D eigenvalue weighted by molar-refractivity contribution is 5.99. The van der Waals surface area contributed by atoms with Gasteiger partial charge >= 0.3 is 6.03 Å². The lowest BCUT2D eigenvalue weighted by atomic mass is 9.99. The summed E-state index contributed by atoms with van der Waals surface area (Å²) in [6, 6.07) is 5.19. The molecule has 0 radical (unpaired) electrons. The van der Waals surface area contributed by atoms with Gasteiger partial charge in [-0.05, 0) is 56.2 Å². The van der Waals surface area contributed by atoms with Gasteiger partial charge in [0.25, 0.3) is 5.91 Å². The van der Waals surface area contributed by atoms with Crippen molar-refractivity contribution < 1.29 is 19.1 Å². The molecule has 1 fully saturated rings. The van der Waals surface area contributed by atoms with Gasteiger partial charge in [-0.3, -0.25) is 9.69 Å². The number of ether oxygens (including phenoxy) is 2. The highest BCUT2D eigenvalue weighted by Crippen LogP contribution is 2.29. The van der Waals surface area contributed by atoms with Gasteiger partial charge in [-0.1, -0.05) is 26.7 Å². The number of carbonyl (C=O) groups is 2. The van der Waals surface area contributed by atoms with Crippen LogP contribution in [0.25, 0.3) is 0 Å². The Hall–Kier alpha value is -2.32. The Labute approximate surface area is 210 Å². The van der Waals surface area contributed by atoms with Crippen molar-refractivity contribution in [2.45, 2.75) is 65.0 Å². The zero-order chi connectivity index (χ0) is 25.4. The van der Waals surface area contributed by atoms with Crippen LogP contribution in [0.1, 0.15) is 63.2 Å². The molecular weight excluding hydrogens is 444 g/mol. The zero-order valence-corrected chi connectivity index (χ0v) is 22.1. The molecular formula is C27H44N4O4. The van der Waals surface area contributed by atoms with Gasteiger partial charge in [0.15, 0.2) is 0 Å². The lowest BCUT2D eigenvalue weighted by Crippen LogP contribution is -2.47. The van der Waals surface area contributed by atoms with E-state index in [-0.39, 0.29) is 30.0 Å². The second-order valence-electron chi connectivity index (χ2n) is 10.3. The molecule has 35 heavy (non-hydrogen) atoms. The molecule has 196 valence electrons. The first-order valence-electron chi connectivity index (χ1n) is 13.2. The summed E-state index contributed by atoms with van der Waals surface area (Å²) in [7, 11) is 3.52. The maximum absolute atomic E-state index is 13.5. The molecule has 1 aliphatic carbocycles. The molecule has 3 rings (SSSR count). The van der Waals surface area contributed by atoms with Crippen molar-refractivity contribution in [2.24, 2.45) is 11.8 Å². The smallest absolute Gasteiger partial charge is 0.319 e. The van der Waals surface area contributed by atoms with Gasteiger partial charge < -0.3 is 25.0 Å². The molecule has 0 unspecified atom stereocenters. The molecule has 0 bridgehead atoms. The standard InChI is InChI=1S/C27H44N4O4/c1-6-13-28-27(33)29-22-11-12-24-23(14-22)26(32)30(4)17-25(34-5)19(2)15-31(20(3)18-35-24)16-21-9-7-8-10-21/h11-12,14,19-21,25H,6-10,13,15-18H2,1-5H3,(H2,28,29,33)/t19-,20-,25-/m0/s1. The van der Waals surface area contributed by atoms with Crippen molar-refractivity contribution in [3.63, 3.8) is 0 Å². The average molecular weight is 489 g/mol. The average Bonchev–Trinajstić information content (AvgIpc) is 3.36. The normalized spacial score (nSPS) is 24.8. The van der Waals surface area contributed by atoms with Crippen LogP contribution in [0, 0.1) is 11.8 Å². The second-order valence-corrected chi connectivity index (χ2v) is 10.3. The number of carbonyl (C=O) groups excluding carboxylic acids is 2. The second kappa shape index (κ2) is 13.1. The van der Waals surface area contributed by atoms with Crippen LogP contribution in [-0.4, -0.2) is 80.8 Å². The molecule has 8 nitrogen and oxygen atoms in total. The monoisotopic (exact) mass is 488 g/mol. The number of fused-ring (bicyclic) bond motifs is 1. The maximum Gasteiger partial charge on any atom is 0.319 e. The molecule has 3 amide bonds.